The molecule has 0 aromatic carbocycles. The number of rotatable bonds is 9. The molecule has 0 aliphatic rings. The van der Waals surface area contributed by atoms with Crippen LogP contribution in [0.3, 0.4) is 0 Å². The second-order valence-electron chi connectivity index (χ2n) is 3.36. The minimum absolute atomic E-state index is 0.817. The van der Waals surface area contributed by atoms with Gasteiger partial charge in [0.15, 0.2) is 0 Å². The van der Waals surface area contributed by atoms with Gasteiger partial charge < -0.3 is 10.1 Å². The van der Waals surface area contributed by atoms with E-state index in [1.807, 2.05) is 6.08 Å². The molecule has 0 aromatic rings. The second-order valence-corrected chi connectivity index (χ2v) is 3.36. The lowest BCUT2D eigenvalue weighted by atomic mass is 10.2. The van der Waals surface area contributed by atoms with Crippen LogP contribution < -0.4 is 0 Å². The van der Waals surface area contributed by atoms with E-state index in [1.165, 1.54) is 12.8 Å². The van der Waals surface area contributed by atoms with Gasteiger partial charge in [0.2, 0.25) is 0 Å². The first-order valence-electron chi connectivity index (χ1n) is 5.34. The van der Waals surface area contributed by atoms with Gasteiger partial charge in [-0.1, -0.05) is 19.4 Å². The van der Waals surface area contributed by atoms with Crippen molar-refractivity contribution in [3.05, 3.63) is 12.7 Å². The average Bonchev–Trinajstić information content (AvgIpc) is 2.21. The fourth-order valence-electron chi connectivity index (χ4n) is 1.29. The van der Waals surface area contributed by atoms with E-state index >= 15 is 0 Å². The second kappa shape index (κ2) is 10.3. The van der Waals surface area contributed by atoms with Crippen LogP contribution in [0.4, 0.5) is 0 Å². The number of hydrogen-bond acceptors (Lipinski definition) is 3. The quantitative estimate of drug-likeness (QED) is 0.267. The Hall–Kier alpha value is -0.830. The molecular weight excluding hydrogens is 176 g/mol. The zero-order chi connectivity index (χ0) is 10.6. The molecule has 0 unspecified atom stereocenters. The molecule has 0 atom stereocenters. The molecule has 82 valence electrons. The van der Waals surface area contributed by atoms with E-state index in [0.29, 0.717) is 0 Å². The lowest BCUT2D eigenvalue weighted by Gasteiger charge is -2.20. The number of hydrogen-bond donors (Lipinski definition) is 1. The Balaban J connectivity index is 3.65. The van der Waals surface area contributed by atoms with Gasteiger partial charge >= 0.3 is 0 Å². The van der Waals surface area contributed by atoms with Crippen LogP contribution in [0.1, 0.15) is 32.6 Å². The Morgan fingerprint density at radius 2 is 2.00 bits per heavy atom. The van der Waals surface area contributed by atoms with Crippen molar-refractivity contribution in [3.8, 4) is 0 Å². The summed E-state index contributed by atoms with van der Waals surface area (Å²) >= 11 is 0. The maximum absolute atomic E-state index is 8.27. The standard InChI is InChI=1S/C11H22N2O/c1-3-5-9-13(10-6-4-2)11-7-8-12-14/h3,8,14H,1,4-7,9-11H2,2H3. The summed E-state index contributed by atoms with van der Waals surface area (Å²) in [5.74, 6) is 0. The largest absolute Gasteiger partial charge is 0.411 e. The highest BCUT2D eigenvalue weighted by atomic mass is 16.4. The molecule has 0 aliphatic heterocycles. The summed E-state index contributed by atoms with van der Waals surface area (Å²) in [6.45, 7) is 9.07. The molecule has 3 nitrogen and oxygen atoms in total. The Kier molecular flexibility index (Phi) is 9.64. The van der Waals surface area contributed by atoms with Gasteiger partial charge in [-0.25, -0.2) is 0 Å². The monoisotopic (exact) mass is 198 g/mol. The molecule has 0 heterocycles. The van der Waals surface area contributed by atoms with Gasteiger partial charge in [-0.15, -0.1) is 11.7 Å². The van der Waals surface area contributed by atoms with Crippen LogP contribution in [0, 0.1) is 0 Å². The van der Waals surface area contributed by atoms with Gasteiger partial charge in [0.05, 0.1) is 0 Å². The fourth-order valence-corrected chi connectivity index (χ4v) is 1.29. The van der Waals surface area contributed by atoms with Gasteiger partial charge in [-0.3, -0.25) is 0 Å². The van der Waals surface area contributed by atoms with Crippen LogP contribution in [0.15, 0.2) is 17.8 Å². The molecule has 0 radical (unpaired) electrons. The fraction of sp³-hybridized carbons (Fsp3) is 0.727. The van der Waals surface area contributed by atoms with E-state index < -0.39 is 0 Å². The molecule has 0 aromatic heterocycles. The van der Waals surface area contributed by atoms with Crippen molar-refractivity contribution in [2.45, 2.75) is 32.6 Å². The third-order valence-corrected chi connectivity index (χ3v) is 2.13. The van der Waals surface area contributed by atoms with Crippen LogP contribution in [0.25, 0.3) is 0 Å². The smallest absolute Gasteiger partial charge is 0.0448 e. The maximum atomic E-state index is 8.27. The molecule has 0 aliphatic carbocycles. The summed E-state index contributed by atoms with van der Waals surface area (Å²) in [5, 5.41) is 11.3. The van der Waals surface area contributed by atoms with Crippen LogP contribution in [0.5, 0.6) is 0 Å². The average molecular weight is 198 g/mol. The normalized spacial score (nSPS) is 11.3. The number of unbranched alkanes of at least 4 members (excludes halogenated alkanes) is 1. The molecule has 0 rings (SSSR count). The molecule has 0 saturated carbocycles. The van der Waals surface area contributed by atoms with Crippen LogP contribution in [-0.4, -0.2) is 36.0 Å². The third kappa shape index (κ3) is 7.80. The lowest BCUT2D eigenvalue weighted by molar-refractivity contribution is 0.280. The molecule has 14 heavy (non-hydrogen) atoms. The summed E-state index contributed by atoms with van der Waals surface area (Å²) in [5.41, 5.74) is 0. The van der Waals surface area contributed by atoms with Crippen molar-refractivity contribution in [2.24, 2.45) is 5.16 Å². The maximum Gasteiger partial charge on any atom is 0.0448 e. The molecule has 0 amide bonds. The lowest BCUT2D eigenvalue weighted by Crippen LogP contribution is -2.27. The zero-order valence-electron chi connectivity index (χ0n) is 9.15. The third-order valence-electron chi connectivity index (χ3n) is 2.13. The van der Waals surface area contributed by atoms with Crippen LogP contribution in [0.2, 0.25) is 0 Å². The number of nitrogens with zero attached hydrogens (tertiary/aromatic N) is 2. The Morgan fingerprint density at radius 1 is 1.29 bits per heavy atom. The topological polar surface area (TPSA) is 35.8 Å². The van der Waals surface area contributed by atoms with Gasteiger partial charge in [0, 0.05) is 19.3 Å². The van der Waals surface area contributed by atoms with E-state index in [0.717, 1.165) is 32.5 Å². The van der Waals surface area contributed by atoms with E-state index in [1.54, 1.807) is 6.21 Å². The summed E-state index contributed by atoms with van der Waals surface area (Å²) in [4.78, 5) is 2.38. The summed E-state index contributed by atoms with van der Waals surface area (Å²) in [6.07, 6.45) is 7.79. The molecule has 1 N–H and O–H groups in total. The minimum atomic E-state index is 0.817. The van der Waals surface area contributed by atoms with Gasteiger partial charge in [0.1, 0.15) is 0 Å². The molecule has 0 spiro atoms. The highest BCUT2D eigenvalue weighted by Crippen LogP contribution is 1.98. The molecule has 0 bridgehead atoms. The van der Waals surface area contributed by atoms with E-state index in [9.17, 15) is 0 Å². The van der Waals surface area contributed by atoms with Gasteiger partial charge in [0.25, 0.3) is 0 Å². The zero-order valence-corrected chi connectivity index (χ0v) is 9.15. The first kappa shape index (κ1) is 13.2. The van der Waals surface area contributed by atoms with Crippen molar-refractivity contribution >= 4 is 6.21 Å². The Labute approximate surface area is 87.1 Å². The highest BCUT2D eigenvalue weighted by molar-refractivity contribution is 5.56. The van der Waals surface area contributed by atoms with Gasteiger partial charge in [-0.2, -0.15) is 0 Å². The predicted octanol–water partition coefficient (Wildman–Crippen LogP) is 2.51. The van der Waals surface area contributed by atoms with Crippen molar-refractivity contribution in [1.82, 2.24) is 4.90 Å². The Bertz CT molecular complexity index is 157. The van der Waals surface area contributed by atoms with E-state index in [4.69, 9.17) is 5.21 Å². The first-order valence-corrected chi connectivity index (χ1v) is 5.34. The summed E-state index contributed by atoms with van der Waals surface area (Å²) < 4.78 is 0. The highest BCUT2D eigenvalue weighted by Gasteiger charge is 2.01. The molecule has 0 fully saturated rings. The Morgan fingerprint density at radius 3 is 2.57 bits per heavy atom. The van der Waals surface area contributed by atoms with Crippen LogP contribution >= 0.6 is 0 Å². The first-order chi connectivity index (χ1) is 6.85. The molecule has 0 saturated heterocycles. The predicted molar refractivity (Wildman–Crippen MR) is 61.1 cm³/mol. The van der Waals surface area contributed by atoms with E-state index in [-0.39, 0.29) is 0 Å². The molecular formula is C11H22N2O. The summed E-state index contributed by atoms with van der Waals surface area (Å²) in [6, 6.07) is 0. The molecule has 3 heteroatoms. The summed E-state index contributed by atoms with van der Waals surface area (Å²) in [7, 11) is 0. The number of oxime groups is 1. The van der Waals surface area contributed by atoms with Crippen molar-refractivity contribution in [3.63, 3.8) is 0 Å². The van der Waals surface area contributed by atoms with E-state index in [2.05, 4.69) is 23.6 Å². The van der Waals surface area contributed by atoms with Gasteiger partial charge in [-0.05, 0) is 25.8 Å². The van der Waals surface area contributed by atoms with Crippen molar-refractivity contribution in [2.75, 3.05) is 19.6 Å². The van der Waals surface area contributed by atoms with Crippen LogP contribution in [-0.2, 0) is 0 Å². The van der Waals surface area contributed by atoms with Crippen molar-refractivity contribution < 1.29 is 5.21 Å². The SMILES string of the molecule is C=CCCN(CCC=NO)CCCC. The van der Waals surface area contributed by atoms with Crippen molar-refractivity contribution in [1.29, 1.82) is 0 Å². The minimum Gasteiger partial charge on any atom is -0.411 e.